The van der Waals surface area contributed by atoms with E-state index in [4.69, 9.17) is 4.74 Å². The van der Waals surface area contributed by atoms with E-state index >= 15 is 0 Å². The number of nitrogens with one attached hydrogen (secondary N) is 1. The molecule has 0 spiro atoms. The summed E-state index contributed by atoms with van der Waals surface area (Å²) < 4.78 is 32.3. The van der Waals surface area contributed by atoms with Gasteiger partial charge in [0.15, 0.2) is 0 Å². The van der Waals surface area contributed by atoms with Crippen LogP contribution in [0.25, 0.3) is 0 Å². The molecule has 0 saturated carbocycles. The number of hydrogen-bond acceptors (Lipinski definition) is 4. The van der Waals surface area contributed by atoms with Crippen LogP contribution in [0, 0.1) is 0 Å². The summed E-state index contributed by atoms with van der Waals surface area (Å²) >= 11 is 0. The van der Waals surface area contributed by atoms with Crippen molar-refractivity contribution in [3.8, 4) is 0 Å². The number of carbonyl (C=O) groups is 1. The van der Waals surface area contributed by atoms with E-state index in [0.29, 0.717) is 37.8 Å². The quantitative estimate of drug-likeness (QED) is 0.784. The second kappa shape index (κ2) is 9.07. The highest BCUT2D eigenvalue weighted by Crippen LogP contribution is 2.21. The standard InChI is InChI=1S/C22H28N2O4S/c1-16(2)18-7-9-19(10-8-18)17(3)23-22(25)20-5-4-6-21(15-20)29(26,27)24-11-13-28-14-12-24/h4-10,15-17H,11-14H2,1-3H3,(H,23,25). The average Bonchev–Trinajstić information content (AvgIpc) is 2.74. The summed E-state index contributed by atoms with van der Waals surface area (Å²) in [4.78, 5) is 12.8. The molecule has 2 aromatic carbocycles. The third kappa shape index (κ3) is 5.04. The normalized spacial score (nSPS) is 16.6. The van der Waals surface area contributed by atoms with Gasteiger partial charge >= 0.3 is 0 Å². The van der Waals surface area contributed by atoms with Gasteiger partial charge in [-0.15, -0.1) is 0 Å². The first-order valence-electron chi connectivity index (χ1n) is 9.87. The van der Waals surface area contributed by atoms with E-state index in [2.05, 4.69) is 31.3 Å². The van der Waals surface area contributed by atoms with Crippen LogP contribution in [-0.4, -0.2) is 44.9 Å². The fourth-order valence-corrected chi connectivity index (χ4v) is 4.72. The highest BCUT2D eigenvalue weighted by atomic mass is 32.2. The monoisotopic (exact) mass is 416 g/mol. The molecular weight excluding hydrogens is 388 g/mol. The molecule has 1 unspecified atom stereocenters. The van der Waals surface area contributed by atoms with Crippen molar-refractivity contribution in [3.05, 3.63) is 65.2 Å². The third-order valence-electron chi connectivity index (χ3n) is 5.15. The summed E-state index contributed by atoms with van der Waals surface area (Å²) in [6.45, 7) is 7.59. The van der Waals surface area contributed by atoms with Gasteiger partial charge in [-0.3, -0.25) is 4.79 Å². The summed E-state index contributed by atoms with van der Waals surface area (Å²) in [6.07, 6.45) is 0. The van der Waals surface area contributed by atoms with E-state index in [-0.39, 0.29) is 16.8 Å². The third-order valence-corrected chi connectivity index (χ3v) is 7.05. The van der Waals surface area contributed by atoms with Gasteiger partial charge in [0.05, 0.1) is 24.2 Å². The van der Waals surface area contributed by atoms with Crippen molar-refractivity contribution in [3.63, 3.8) is 0 Å². The Hall–Kier alpha value is -2.22. The summed E-state index contributed by atoms with van der Waals surface area (Å²) in [6, 6.07) is 14.2. The Bertz CT molecular complexity index is 949. The van der Waals surface area contributed by atoms with Crippen LogP contribution in [0.2, 0.25) is 0 Å². The number of morpholine rings is 1. The molecule has 1 aliphatic heterocycles. The Morgan fingerprint density at radius 2 is 1.62 bits per heavy atom. The molecule has 0 bridgehead atoms. The lowest BCUT2D eigenvalue weighted by atomic mass is 9.99. The fourth-order valence-electron chi connectivity index (χ4n) is 3.27. The maximum atomic E-state index is 12.8. The first kappa shape index (κ1) is 21.5. The van der Waals surface area contributed by atoms with Gasteiger partial charge in [0.1, 0.15) is 0 Å². The zero-order valence-corrected chi connectivity index (χ0v) is 17.9. The van der Waals surface area contributed by atoms with Gasteiger partial charge in [0.2, 0.25) is 10.0 Å². The van der Waals surface area contributed by atoms with E-state index in [1.165, 1.54) is 22.0 Å². The van der Waals surface area contributed by atoms with Crippen molar-refractivity contribution in [2.45, 2.75) is 37.6 Å². The molecule has 1 amide bonds. The number of rotatable bonds is 6. The SMILES string of the molecule is CC(C)c1ccc(C(C)NC(=O)c2cccc(S(=O)(=O)N3CCOCC3)c2)cc1. The second-order valence-electron chi connectivity index (χ2n) is 7.56. The van der Waals surface area contributed by atoms with E-state index in [1.807, 2.05) is 19.1 Å². The second-order valence-corrected chi connectivity index (χ2v) is 9.50. The molecule has 2 aromatic rings. The lowest BCUT2D eigenvalue weighted by Crippen LogP contribution is -2.40. The predicted octanol–water partition coefficient (Wildman–Crippen LogP) is 3.32. The van der Waals surface area contributed by atoms with Gasteiger partial charge in [-0.2, -0.15) is 4.31 Å². The molecule has 156 valence electrons. The van der Waals surface area contributed by atoms with Crippen LogP contribution in [-0.2, 0) is 14.8 Å². The molecular formula is C22H28N2O4S. The number of carbonyl (C=O) groups excluding carboxylic acids is 1. The molecule has 1 heterocycles. The van der Waals surface area contributed by atoms with Gasteiger partial charge < -0.3 is 10.1 Å². The Balaban J connectivity index is 1.73. The molecule has 3 rings (SSSR count). The van der Waals surface area contributed by atoms with Gasteiger partial charge in [0.25, 0.3) is 5.91 Å². The Morgan fingerprint density at radius 3 is 2.24 bits per heavy atom. The first-order valence-corrected chi connectivity index (χ1v) is 11.3. The molecule has 0 radical (unpaired) electrons. The van der Waals surface area contributed by atoms with Crippen molar-refractivity contribution in [2.24, 2.45) is 0 Å². The minimum atomic E-state index is -3.64. The molecule has 1 aliphatic rings. The van der Waals surface area contributed by atoms with Crippen LogP contribution in [0.1, 0.15) is 54.2 Å². The van der Waals surface area contributed by atoms with Crippen molar-refractivity contribution in [1.29, 1.82) is 0 Å². The zero-order chi connectivity index (χ0) is 21.0. The molecule has 7 heteroatoms. The van der Waals surface area contributed by atoms with Gasteiger partial charge in [-0.05, 0) is 42.2 Å². The molecule has 1 N–H and O–H groups in total. The molecule has 1 saturated heterocycles. The molecule has 0 aromatic heterocycles. The minimum absolute atomic E-state index is 0.126. The average molecular weight is 417 g/mol. The largest absolute Gasteiger partial charge is 0.379 e. The first-order chi connectivity index (χ1) is 13.8. The van der Waals surface area contributed by atoms with Crippen molar-refractivity contribution >= 4 is 15.9 Å². The van der Waals surface area contributed by atoms with E-state index in [1.54, 1.807) is 12.1 Å². The van der Waals surface area contributed by atoms with E-state index < -0.39 is 10.0 Å². The number of benzene rings is 2. The van der Waals surface area contributed by atoms with Crippen LogP contribution in [0.4, 0.5) is 0 Å². The Labute approximate surface area is 172 Å². The number of amides is 1. The minimum Gasteiger partial charge on any atom is -0.379 e. The molecule has 1 fully saturated rings. The number of sulfonamides is 1. The number of nitrogens with zero attached hydrogens (tertiary/aromatic N) is 1. The lowest BCUT2D eigenvalue weighted by Gasteiger charge is -2.26. The fraction of sp³-hybridized carbons (Fsp3) is 0.409. The summed E-state index contributed by atoms with van der Waals surface area (Å²) in [5.41, 5.74) is 2.57. The molecule has 1 atom stereocenters. The summed E-state index contributed by atoms with van der Waals surface area (Å²) in [5.74, 6) is 0.148. The maximum Gasteiger partial charge on any atom is 0.251 e. The summed E-state index contributed by atoms with van der Waals surface area (Å²) in [5, 5.41) is 2.95. The maximum absolute atomic E-state index is 12.8. The Kier molecular flexibility index (Phi) is 6.72. The van der Waals surface area contributed by atoms with Crippen LogP contribution in [0.3, 0.4) is 0 Å². The highest BCUT2D eigenvalue weighted by Gasteiger charge is 2.27. The molecule has 0 aliphatic carbocycles. The van der Waals surface area contributed by atoms with Gasteiger partial charge in [0, 0.05) is 18.7 Å². The van der Waals surface area contributed by atoms with Crippen molar-refractivity contribution < 1.29 is 17.9 Å². The lowest BCUT2D eigenvalue weighted by molar-refractivity contribution is 0.0730. The van der Waals surface area contributed by atoms with Crippen molar-refractivity contribution in [1.82, 2.24) is 9.62 Å². The van der Waals surface area contributed by atoms with Crippen LogP contribution < -0.4 is 5.32 Å². The highest BCUT2D eigenvalue weighted by molar-refractivity contribution is 7.89. The zero-order valence-electron chi connectivity index (χ0n) is 17.1. The van der Waals surface area contributed by atoms with Gasteiger partial charge in [-0.1, -0.05) is 44.2 Å². The number of ether oxygens (including phenoxy) is 1. The topological polar surface area (TPSA) is 75.7 Å². The van der Waals surface area contributed by atoms with Crippen LogP contribution in [0.5, 0.6) is 0 Å². The molecule has 6 nitrogen and oxygen atoms in total. The van der Waals surface area contributed by atoms with Crippen molar-refractivity contribution in [2.75, 3.05) is 26.3 Å². The van der Waals surface area contributed by atoms with Gasteiger partial charge in [-0.25, -0.2) is 8.42 Å². The Morgan fingerprint density at radius 1 is 1.00 bits per heavy atom. The van der Waals surface area contributed by atoms with E-state index in [9.17, 15) is 13.2 Å². The van der Waals surface area contributed by atoms with E-state index in [0.717, 1.165) is 5.56 Å². The smallest absolute Gasteiger partial charge is 0.251 e. The van der Waals surface area contributed by atoms with Crippen LogP contribution >= 0.6 is 0 Å². The predicted molar refractivity (Wildman–Crippen MR) is 112 cm³/mol. The summed E-state index contributed by atoms with van der Waals surface area (Å²) in [7, 11) is -3.64. The molecule has 29 heavy (non-hydrogen) atoms. The number of hydrogen-bond donors (Lipinski definition) is 1. The van der Waals surface area contributed by atoms with Crippen LogP contribution in [0.15, 0.2) is 53.4 Å².